The first-order valence-electron chi connectivity index (χ1n) is 8.83. The fraction of sp³-hybridized carbons (Fsp3) is 0.0417. The molecule has 27 heavy (non-hydrogen) atoms. The van der Waals surface area contributed by atoms with Gasteiger partial charge in [0.2, 0.25) is 0 Å². The molecule has 4 aromatic rings. The van der Waals surface area contributed by atoms with Crippen LogP contribution in [0.1, 0.15) is 15.9 Å². The lowest BCUT2D eigenvalue weighted by molar-refractivity contribution is 0.102. The molecule has 0 spiro atoms. The molecule has 4 rings (SSSR count). The van der Waals surface area contributed by atoms with Gasteiger partial charge in [-0.25, -0.2) is 0 Å². The van der Waals surface area contributed by atoms with Gasteiger partial charge in [0.1, 0.15) is 0 Å². The Labute approximate surface area is 163 Å². The Bertz CT molecular complexity index is 1070. The maximum absolute atomic E-state index is 13.1. The van der Waals surface area contributed by atoms with E-state index >= 15 is 0 Å². The minimum atomic E-state index is -0.0853. The summed E-state index contributed by atoms with van der Waals surface area (Å²) in [6.45, 7) is 2.02. The fourth-order valence-electron chi connectivity index (χ4n) is 3.14. The van der Waals surface area contributed by atoms with E-state index in [-0.39, 0.29) is 5.91 Å². The summed E-state index contributed by atoms with van der Waals surface area (Å²) in [6, 6.07) is 28.2. The lowest BCUT2D eigenvalue weighted by atomic mass is 9.98. The van der Waals surface area contributed by atoms with E-state index in [1.807, 2.05) is 73.0 Å². The molecular formula is C24H19NOS. The molecule has 0 bridgehead atoms. The van der Waals surface area contributed by atoms with Gasteiger partial charge in [-0.05, 0) is 35.7 Å². The Morgan fingerprint density at radius 2 is 1.48 bits per heavy atom. The Morgan fingerprint density at radius 1 is 0.815 bits per heavy atom. The third-order valence-electron chi connectivity index (χ3n) is 4.41. The second-order valence-corrected chi connectivity index (χ2v) is 7.29. The number of rotatable bonds is 4. The largest absolute Gasteiger partial charge is 0.322 e. The maximum atomic E-state index is 13.1. The van der Waals surface area contributed by atoms with Gasteiger partial charge >= 0.3 is 0 Å². The van der Waals surface area contributed by atoms with Crippen LogP contribution in [-0.2, 0) is 0 Å². The van der Waals surface area contributed by atoms with Crippen molar-refractivity contribution in [2.45, 2.75) is 6.92 Å². The first-order chi connectivity index (χ1) is 13.2. The van der Waals surface area contributed by atoms with Crippen LogP contribution in [0.2, 0.25) is 0 Å². The summed E-state index contributed by atoms with van der Waals surface area (Å²) in [5.74, 6) is -0.0853. The van der Waals surface area contributed by atoms with Crippen LogP contribution in [0.5, 0.6) is 0 Å². The van der Waals surface area contributed by atoms with E-state index in [9.17, 15) is 4.79 Å². The normalized spacial score (nSPS) is 10.6. The summed E-state index contributed by atoms with van der Waals surface area (Å²) in [5, 5.41) is 5.00. The third kappa shape index (κ3) is 3.69. The van der Waals surface area contributed by atoms with Crippen molar-refractivity contribution in [2.75, 3.05) is 5.32 Å². The number of amides is 1. The van der Waals surface area contributed by atoms with Crippen molar-refractivity contribution >= 4 is 22.9 Å². The summed E-state index contributed by atoms with van der Waals surface area (Å²) < 4.78 is 0. The van der Waals surface area contributed by atoms with E-state index < -0.39 is 0 Å². The van der Waals surface area contributed by atoms with E-state index in [1.54, 1.807) is 11.3 Å². The average molecular weight is 369 g/mol. The molecule has 0 saturated heterocycles. The Morgan fingerprint density at radius 3 is 2.15 bits per heavy atom. The lowest BCUT2D eigenvalue weighted by Gasteiger charge is -2.10. The Hall–Kier alpha value is -3.17. The number of benzene rings is 3. The molecule has 0 atom stereocenters. The highest BCUT2D eigenvalue weighted by molar-refractivity contribution is 7.14. The van der Waals surface area contributed by atoms with E-state index in [0.717, 1.165) is 32.8 Å². The quantitative estimate of drug-likeness (QED) is 0.429. The molecule has 0 radical (unpaired) electrons. The standard InChI is InChI=1S/C24H19NOS/c1-17-9-8-14-20(15-17)25-24(26)21-16-27-23(19-12-6-3-7-13-19)22(21)18-10-4-2-5-11-18/h2-16H,1H3,(H,25,26). The molecule has 1 aromatic heterocycles. The molecule has 0 saturated carbocycles. The van der Waals surface area contributed by atoms with Gasteiger partial charge in [0.15, 0.2) is 0 Å². The molecule has 132 valence electrons. The molecule has 0 fully saturated rings. The van der Waals surface area contributed by atoms with Crippen molar-refractivity contribution in [3.05, 3.63) is 101 Å². The van der Waals surface area contributed by atoms with Gasteiger partial charge in [0, 0.05) is 21.5 Å². The Balaban J connectivity index is 1.79. The lowest BCUT2D eigenvalue weighted by Crippen LogP contribution is -2.12. The predicted octanol–water partition coefficient (Wildman–Crippen LogP) is 6.64. The number of anilines is 1. The second kappa shape index (κ2) is 7.60. The van der Waals surface area contributed by atoms with Crippen molar-refractivity contribution in [1.82, 2.24) is 0 Å². The second-order valence-electron chi connectivity index (χ2n) is 6.41. The number of thiophene rings is 1. The first-order valence-corrected chi connectivity index (χ1v) is 9.71. The highest BCUT2D eigenvalue weighted by Crippen LogP contribution is 2.40. The van der Waals surface area contributed by atoms with Crippen molar-refractivity contribution in [3.8, 4) is 21.6 Å². The van der Waals surface area contributed by atoms with Crippen LogP contribution < -0.4 is 5.32 Å². The van der Waals surface area contributed by atoms with Crippen LogP contribution in [-0.4, -0.2) is 5.91 Å². The molecule has 0 aliphatic carbocycles. The fourth-order valence-corrected chi connectivity index (χ4v) is 4.22. The summed E-state index contributed by atoms with van der Waals surface area (Å²) >= 11 is 1.61. The van der Waals surface area contributed by atoms with Crippen LogP contribution >= 0.6 is 11.3 Å². The van der Waals surface area contributed by atoms with Gasteiger partial charge < -0.3 is 5.32 Å². The molecular weight excluding hydrogens is 350 g/mol. The molecule has 1 heterocycles. The van der Waals surface area contributed by atoms with Crippen LogP contribution in [0.15, 0.2) is 90.3 Å². The average Bonchev–Trinajstić information content (AvgIpc) is 3.15. The summed E-state index contributed by atoms with van der Waals surface area (Å²) in [7, 11) is 0. The van der Waals surface area contributed by atoms with Gasteiger partial charge in [0.25, 0.3) is 5.91 Å². The molecule has 1 amide bonds. The minimum absolute atomic E-state index is 0.0853. The number of carbonyl (C=O) groups is 1. The van der Waals surface area contributed by atoms with Gasteiger partial charge in [-0.2, -0.15) is 0 Å². The van der Waals surface area contributed by atoms with Crippen molar-refractivity contribution < 1.29 is 4.79 Å². The zero-order valence-corrected chi connectivity index (χ0v) is 15.8. The first kappa shape index (κ1) is 17.3. The summed E-state index contributed by atoms with van der Waals surface area (Å²) in [4.78, 5) is 14.2. The molecule has 1 N–H and O–H groups in total. The number of hydrogen-bond acceptors (Lipinski definition) is 2. The maximum Gasteiger partial charge on any atom is 0.257 e. The molecule has 0 unspecified atom stereocenters. The van der Waals surface area contributed by atoms with E-state index in [0.29, 0.717) is 5.56 Å². The molecule has 3 heteroatoms. The highest BCUT2D eigenvalue weighted by atomic mass is 32.1. The number of aryl methyl sites for hydroxylation is 1. The van der Waals surface area contributed by atoms with Crippen molar-refractivity contribution in [2.24, 2.45) is 0 Å². The monoisotopic (exact) mass is 369 g/mol. The number of nitrogens with one attached hydrogen (secondary N) is 1. The van der Waals surface area contributed by atoms with Crippen LogP contribution in [0.3, 0.4) is 0 Å². The minimum Gasteiger partial charge on any atom is -0.322 e. The van der Waals surface area contributed by atoms with Crippen molar-refractivity contribution in [1.29, 1.82) is 0 Å². The van der Waals surface area contributed by atoms with Gasteiger partial charge in [0.05, 0.1) is 5.56 Å². The predicted molar refractivity (Wildman–Crippen MR) is 114 cm³/mol. The SMILES string of the molecule is Cc1cccc(NC(=O)c2csc(-c3ccccc3)c2-c2ccccc2)c1. The van der Waals surface area contributed by atoms with Crippen LogP contribution in [0.4, 0.5) is 5.69 Å². The Kier molecular flexibility index (Phi) is 4.86. The van der Waals surface area contributed by atoms with Gasteiger partial charge in [-0.15, -0.1) is 11.3 Å². The van der Waals surface area contributed by atoms with Crippen molar-refractivity contribution in [3.63, 3.8) is 0 Å². The van der Waals surface area contributed by atoms with Crippen LogP contribution in [0, 0.1) is 6.92 Å². The number of hydrogen-bond donors (Lipinski definition) is 1. The van der Waals surface area contributed by atoms with Crippen LogP contribution in [0.25, 0.3) is 21.6 Å². The van der Waals surface area contributed by atoms with E-state index in [1.165, 1.54) is 0 Å². The van der Waals surface area contributed by atoms with E-state index in [4.69, 9.17) is 0 Å². The van der Waals surface area contributed by atoms with Gasteiger partial charge in [-0.1, -0.05) is 72.8 Å². The molecule has 2 nitrogen and oxygen atoms in total. The van der Waals surface area contributed by atoms with Gasteiger partial charge in [-0.3, -0.25) is 4.79 Å². The topological polar surface area (TPSA) is 29.1 Å². The van der Waals surface area contributed by atoms with E-state index in [2.05, 4.69) is 29.6 Å². The highest BCUT2D eigenvalue weighted by Gasteiger charge is 2.20. The molecule has 0 aliphatic heterocycles. The smallest absolute Gasteiger partial charge is 0.257 e. The third-order valence-corrected chi connectivity index (χ3v) is 5.44. The number of carbonyl (C=O) groups excluding carboxylic acids is 1. The molecule has 0 aliphatic rings. The zero-order valence-electron chi connectivity index (χ0n) is 15.0. The zero-order chi connectivity index (χ0) is 18.6. The summed E-state index contributed by atoms with van der Waals surface area (Å²) in [5.41, 5.74) is 5.78. The molecule has 3 aromatic carbocycles. The summed E-state index contributed by atoms with van der Waals surface area (Å²) in [6.07, 6.45) is 0.